The first-order chi connectivity index (χ1) is 14.0. The van der Waals surface area contributed by atoms with E-state index in [0.29, 0.717) is 24.6 Å². The minimum Gasteiger partial charge on any atom is -0.490 e. The van der Waals surface area contributed by atoms with Gasteiger partial charge in [0.1, 0.15) is 30.1 Å². The minimum absolute atomic E-state index is 0.180. The number of aliphatic hydroxyl groups excluding tert-OH is 1. The molecule has 0 spiro atoms. The predicted octanol–water partition coefficient (Wildman–Crippen LogP) is 2.86. The fourth-order valence-corrected chi connectivity index (χ4v) is 2.95. The number of aliphatic hydroxyl groups is 1. The molecule has 0 aliphatic rings. The van der Waals surface area contributed by atoms with Crippen molar-refractivity contribution < 1.29 is 9.84 Å². The van der Waals surface area contributed by atoms with E-state index in [2.05, 4.69) is 20.3 Å². The molecule has 3 N–H and O–H groups in total. The zero-order chi connectivity index (χ0) is 20.8. The van der Waals surface area contributed by atoms with Gasteiger partial charge in [0.15, 0.2) is 0 Å². The molecule has 2 aromatic heterocycles. The van der Waals surface area contributed by atoms with Crippen LogP contribution in [0, 0.1) is 13.8 Å². The van der Waals surface area contributed by atoms with Crippen LogP contribution in [0.4, 0.5) is 5.82 Å². The Balaban J connectivity index is 1.56. The number of pyridine rings is 1. The zero-order valence-electron chi connectivity index (χ0n) is 16.9. The highest BCUT2D eigenvalue weighted by atomic mass is 16.5. The molecule has 7 nitrogen and oxygen atoms in total. The van der Waals surface area contributed by atoms with Crippen molar-refractivity contribution in [3.63, 3.8) is 0 Å². The molecule has 0 bridgehead atoms. The average molecular weight is 394 g/mol. The number of H-pyrrole nitrogens is 1. The lowest BCUT2D eigenvalue weighted by Gasteiger charge is -2.16. The quantitative estimate of drug-likeness (QED) is 0.543. The number of para-hydroxylation sites is 1. The van der Waals surface area contributed by atoms with Crippen molar-refractivity contribution in [1.82, 2.24) is 15.0 Å². The fourth-order valence-electron chi connectivity index (χ4n) is 2.95. The van der Waals surface area contributed by atoms with Crippen molar-refractivity contribution in [3.8, 4) is 17.1 Å². The van der Waals surface area contributed by atoms with Crippen molar-refractivity contribution in [2.75, 3.05) is 18.5 Å². The monoisotopic (exact) mass is 394 g/mol. The summed E-state index contributed by atoms with van der Waals surface area (Å²) in [7, 11) is 0. The summed E-state index contributed by atoms with van der Waals surface area (Å²) in [6.45, 7) is 6.41. The second-order valence-electron chi connectivity index (χ2n) is 6.94. The molecule has 0 amide bonds. The maximum Gasteiger partial charge on any atom is 0.251 e. The smallest absolute Gasteiger partial charge is 0.251 e. The van der Waals surface area contributed by atoms with Crippen molar-refractivity contribution in [2.24, 2.45) is 0 Å². The summed E-state index contributed by atoms with van der Waals surface area (Å²) in [6, 6.07) is 11.1. The zero-order valence-corrected chi connectivity index (χ0v) is 16.9. The maximum absolute atomic E-state index is 11.7. The molecule has 3 aromatic rings. The van der Waals surface area contributed by atoms with Crippen LogP contribution in [0.25, 0.3) is 11.4 Å². The van der Waals surface area contributed by atoms with E-state index in [-0.39, 0.29) is 12.2 Å². The van der Waals surface area contributed by atoms with Gasteiger partial charge in [-0.05, 0) is 43.5 Å². The highest BCUT2D eigenvalue weighted by Crippen LogP contribution is 2.22. The molecule has 1 aromatic carbocycles. The van der Waals surface area contributed by atoms with Gasteiger partial charge in [-0.25, -0.2) is 9.97 Å². The number of anilines is 1. The van der Waals surface area contributed by atoms with Gasteiger partial charge in [-0.2, -0.15) is 0 Å². The van der Waals surface area contributed by atoms with E-state index in [0.717, 1.165) is 28.1 Å². The number of ether oxygens (including phenoxy) is 1. The number of rotatable bonds is 8. The van der Waals surface area contributed by atoms with Gasteiger partial charge in [-0.3, -0.25) is 4.79 Å². The average Bonchev–Trinajstić information content (AvgIpc) is 2.71. The van der Waals surface area contributed by atoms with Gasteiger partial charge in [-0.1, -0.05) is 25.1 Å². The van der Waals surface area contributed by atoms with Crippen molar-refractivity contribution in [1.29, 1.82) is 0 Å². The summed E-state index contributed by atoms with van der Waals surface area (Å²) in [5.74, 6) is 1.93. The van der Waals surface area contributed by atoms with E-state index < -0.39 is 6.10 Å². The SMILES string of the molecule is CCc1cc(=O)[nH]c(-c2ccc(NC[C@H](O)COc3c(C)cccc3C)nc2)n1. The largest absolute Gasteiger partial charge is 0.490 e. The Morgan fingerprint density at radius 1 is 1.21 bits per heavy atom. The van der Waals surface area contributed by atoms with Crippen LogP contribution >= 0.6 is 0 Å². The third-order valence-corrected chi connectivity index (χ3v) is 4.54. The standard InChI is InChI=1S/C22H26N4O3/c1-4-17-10-20(28)26-22(25-17)16-8-9-19(23-11-16)24-12-18(27)13-29-21-14(2)6-5-7-15(21)3/h5-11,18,27H,4,12-13H2,1-3H3,(H,23,24)(H,25,26,28)/t18-/m0/s1. The number of nitrogens with zero attached hydrogens (tertiary/aromatic N) is 2. The van der Waals surface area contributed by atoms with Gasteiger partial charge >= 0.3 is 0 Å². The number of nitrogens with one attached hydrogen (secondary N) is 2. The number of aromatic amines is 1. The molecule has 0 aliphatic carbocycles. The molecule has 29 heavy (non-hydrogen) atoms. The van der Waals surface area contributed by atoms with Crippen molar-refractivity contribution in [3.05, 3.63) is 69.8 Å². The number of aromatic nitrogens is 3. The summed E-state index contributed by atoms with van der Waals surface area (Å²) in [6.07, 6.45) is 1.64. The lowest BCUT2D eigenvalue weighted by molar-refractivity contribution is 0.116. The molecular formula is C22H26N4O3. The summed E-state index contributed by atoms with van der Waals surface area (Å²) < 4.78 is 5.78. The number of hydrogen-bond acceptors (Lipinski definition) is 6. The fraction of sp³-hybridized carbons (Fsp3) is 0.318. The highest BCUT2D eigenvalue weighted by molar-refractivity contribution is 5.55. The summed E-state index contributed by atoms with van der Waals surface area (Å²) in [5.41, 5.74) is 3.36. The summed E-state index contributed by atoms with van der Waals surface area (Å²) in [4.78, 5) is 23.2. The Kier molecular flexibility index (Phi) is 6.61. The maximum atomic E-state index is 11.7. The predicted molar refractivity (Wildman–Crippen MR) is 113 cm³/mol. The van der Waals surface area contributed by atoms with Crippen LogP contribution in [-0.2, 0) is 6.42 Å². The second kappa shape index (κ2) is 9.34. The highest BCUT2D eigenvalue weighted by Gasteiger charge is 2.09. The van der Waals surface area contributed by atoms with Gasteiger partial charge in [0.2, 0.25) is 0 Å². The van der Waals surface area contributed by atoms with Crippen LogP contribution in [0.2, 0.25) is 0 Å². The molecule has 0 fully saturated rings. The number of aryl methyl sites for hydroxylation is 3. The third-order valence-electron chi connectivity index (χ3n) is 4.54. The van der Waals surface area contributed by atoms with E-state index in [4.69, 9.17) is 4.74 Å². The normalized spacial score (nSPS) is 11.9. The van der Waals surface area contributed by atoms with E-state index in [9.17, 15) is 9.90 Å². The third kappa shape index (κ3) is 5.42. The van der Waals surface area contributed by atoms with Gasteiger partial charge in [0.05, 0.1) is 0 Å². The molecule has 1 atom stereocenters. The van der Waals surface area contributed by atoms with E-state index in [1.165, 1.54) is 6.07 Å². The van der Waals surface area contributed by atoms with Crippen LogP contribution in [0.15, 0.2) is 47.4 Å². The van der Waals surface area contributed by atoms with Crippen LogP contribution in [0.5, 0.6) is 5.75 Å². The van der Waals surface area contributed by atoms with Gasteiger partial charge < -0.3 is 20.1 Å². The van der Waals surface area contributed by atoms with Gasteiger partial charge in [-0.15, -0.1) is 0 Å². The van der Waals surface area contributed by atoms with Crippen LogP contribution < -0.4 is 15.6 Å². The van der Waals surface area contributed by atoms with Crippen molar-refractivity contribution >= 4 is 5.82 Å². The minimum atomic E-state index is -0.685. The van der Waals surface area contributed by atoms with Crippen LogP contribution in [0.1, 0.15) is 23.7 Å². The molecular weight excluding hydrogens is 368 g/mol. The first kappa shape index (κ1) is 20.5. The van der Waals surface area contributed by atoms with Crippen molar-refractivity contribution in [2.45, 2.75) is 33.3 Å². The Morgan fingerprint density at radius 2 is 1.97 bits per heavy atom. The van der Waals surface area contributed by atoms with Gasteiger partial charge in [0, 0.05) is 30.1 Å². The molecule has 3 rings (SSSR count). The molecule has 0 unspecified atom stereocenters. The summed E-state index contributed by atoms with van der Waals surface area (Å²) in [5, 5.41) is 13.3. The molecule has 0 aliphatic heterocycles. The van der Waals surface area contributed by atoms with Crippen LogP contribution in [0.3, 0.4) is 0 Å². The topological polar surface area (TPSA) is 100 Å². The molecule has 2 heterocycles. The summed E-state index contributed by atoms with van der Waals surface area (Å²) >= 11 is 0. The lowest BCUT2D eigenvalue weighted by Crippen LogP contribution is -2.26. The van der Waals surface area contributed by atoms with E-state index >= 15 is 0 Å². The number of hydrogen-bond donors (Lipinski definition) is 3. The number of benzene rings is 1. The van der Waals surface area contributed by atoms with E-state index in [1.807, 2.05) is 45.0 Å². The molecule has 0 saturated carbocycles. The van der Waals surface area contributed by atoms with Gasteiger partial charge in [0.25, 0.3) is 5.56 Å². The van der Waals surface area contributed by atoms with E-state index in [1.54, 1.807) is 12.3 Å². The first-order valence-electron chi connectivity index (χ1n) is 9.64. The first-order valence-corrected chi connectivity index (χ1v) is 9.64. The Morgan fingerprint density at radius 3 is 2.62 bits per heavy atom. The molecule has 0 saturated heterocycles. The Labute approximate surface area is 169 Å². The molecule has 152 valence electrons. The molecule has 0 radical (unpaired) electrons. The second-order valence-corrected chi connectivity index (χ2v) is 6.94. The van der Waals surface area contributed by atoms with Crippen LogP contribution in [-0.4, -0.2) is 39.3 Å². The Hall–Kier alpha value is -3.19. The Bertz CT molecular complexity index is 995. The lowest BCUT2D eigenvalue weighted by atomic mass is 10.1. The molecule has 7 heteroatoms.